The summed E-state index contributed by atoms with van der Waals surface area (Å²) in [6.45, 7) is 6.18. The number of ether oxygens (including phenoxy) is 3. The van der Waals surface area contributed by atoms with Crippen molar-refractivity contribution in [1.82, 2.24) is 10.0 Å². The molecule has 0 aromatic heterocycles. The second-order valence-electron chi connectivity index (χ2n) is 4.68. The quantitative estimate of drug-likeness (QED) is 0.344. The van der Waals surface area contributed by atoms with Crippen molar-refractivity contribution in [2.75, 3.05) is 52.4 Å². The molecule has 6 nitrogen and oxygen atoms in total. The van der Waals surface area contributed by atoms with Gasteiger partial charge in [0, 0.05) is 13.0 Å². The molecule has 1 amide bonds. The second kappa shape index (κ2) is 15.5. The number of amides is 1. The van der Waals surface area contributed by atoms with Crippen LogP contribution in [0.25, 0.3) is 0 Å². The van der Waals surface area contributed by atoms with E-state index >= 15 is 0 Å². The van der Waals surface area contributed by atoms with E-state index in [-0.39, 0.29) is 25.2 Å². The van der Waals surface area contributed by atoms with Gasteiger partial charge in [0.2, 0.25) is 5.91 Å². The predicted octanol–water partition coefficient (Wildman–Crippen LogP) is 1.16. The van der Waals surface area contributed by atoms with Crippen molar-refractivity contribution in [3.63, 3.8) is 0 Å². The van der Waals surface area contributed by atoms with Gasteiger partial charge in [0.05, 0.1) is 45.7 Å². The molecule has 2 N–H and O–H groups in total. The first-order valence-electron chi connectivity index (χ1n) is 7.53. The Bertz CT molecular complexity index is 275. The van der Waals surface area contributed by atoms with Gasteiger partial charge in [-0.3, -0.25) is 9.52 Å². The summed E-state index contributed by atoms with van der Waals surface area (Å²) in [6, 6.07) is 0. The van der Waals surface area contributed by atoms with Crippen LogP contribution in [0.15, 0.2) is 0 Å². The van der Waals surface area contributed by atoms with Crippen LogP contribution in [0.3, 0.4) is 0 Å². The van der Waals surface area contributed by atoms with Gasteiger partial charge in [0.15, 0.2) is 0 Å². The Hall–Kier alpha value is -0.410. The number of carbonyl (C=O) groups is 1. The summed E-state index contributed by atoms with van der Waals surface area (Å²) < 4.78 is 32.4. The Morgan fingerprint density at radius 2 is 1.86 bits per heavy atom. The fourth-order valence-electron chi connectivity index (χ4n) is 1.41. The smallest absolute Gasteiger partial charge is 0.219 e. The third-order valence-corrected chi connectivity index (χ3v) is 3.11. The average Bonchev–Trinajstić information content (AvgIpc) is 2.52. The summed E-state index contributed by atoms with van der Waals surface area (Å²) in [5.41, 5.74) is 0. The van der Waals surface area contributed by atoms with Crippen LogP contribution in [0.4, 0.5) is 4.39 Å². The molecule has 0 aliphatic heterocycles. The molecule has 0 saturated heterocycles. The van der Waals surface area contributed by atoms with Gasteiger partial charge in [-0.05, 0) is 13.2 Å². The van der Waals surface area contributed by atoms with E-state index in [4.69, 9.17) is 14.2 Å². The normalized spacial score (nSPS) is 13.8. The van der Waals surface area contributed by atoms with Crippen LogP contribution in [0.1, 0.15) is 20.3 Å². The van der Waals surface area contributed by atoms with Crippen molar-refractivity contribution in [3.8, 4) is 0 Å². The van der Waals surface area contributed by atoms with Crippen molar-refractivity contribution in [3.05, 3.63) is 0 Å². The maximum absolute atomic E-state index is 13.3. The fraction of sp³-hybridized carbons (Fsp3) is 0.929. The molecule has 2 unspecified atom stereocenters. The maximum atomic E-state index is 13.3. The van der Waals surface area contributed by atoms with Gasteiger partial charge in [-0.1, -0.05) is 18.9 Å². The van der Waals surface area contributed by atoms with E-state index in [1.165, 1.54) is 0 Å². The number of hydrogen-bond donors (Lipinski definition) is 2. The van der Waals surface area contributed by atoms with Crippen molar-refractivity contribution in [2.45, 2.75) is 32.5 Å². The Kier molecular flexibility index (Phi) is 15.2. The van der Waals surface area contributed by atoms with E-state index in [9.17, 15) is 9.18 Å². The lowest BCUT2D eigenvalue weighted by molar-refractivity contribution is -0.121. The van der Waals surface area contributed by atoms with E-state index < -0.39 is 6.17 Å². The van der Waals surface area contributed by atoms with Crippen LogP contribution >= 0.6 is 11.9 Å². The molecule has 0 aromatic carbocycles. The first-order valence-corrected chi connectivity index (χ1v) is 8.76. The van der Waals surface area contributed by atoms with Gasteiger partial charge in [0.25, 0.3) is 0 Å². The van der Waals surface area contributed by atoms with Crippen LogP contribution in [-0.2, 0) is 19.0 Å². The van der Waals surface area contributed by atoms with E-state index in [1.54, 1.807) is 18.9 Å². The Labute approximate surface area is 137 Å². The topological polar surface area (TPSA) is 68.8 Å². The molecule has 0 radical (unpaired) electrons. The summed E-state index contributed by atoms with van der Waals surface area (Å²) in [7, 11) is 0. The van der Waals surface area contributed by atoms with Crippen LogP contribution in [0, 0.1) is 0 Å². The summed E-state index contributed by atoms with van der Waals surface area (Å²) in [5.74, 6) is -0.159. The Morgan fingerprint density at radius 1 is 1.18 bits per heavy atom. The van der Waals surface area contributed by atoms with Crippen LogP contribution in [0.5, 0.6) is 0 Å². The third kappa shape index (κ3) is 14.5. The first kappa shape index (κ1) is 21.6. The van der Waals surface area contributed by atoms with E-state index in [0.717, 1.165) is 6.54 Å². The van der Waals surface area contributed by atoms with Crippen molar-refractivity contribution in [2.24, 2.45) is 0 Å². The minimum atomic E-state index is -1.19. The second-order valence-corrected chi connectivity index (χ2v) is 5.37. The largest absolute Gasteiger partial charge is 0.377 e. The fourth-order valence-corrected chi connectivity index (χ4v) is 1.81. The van der Waals surface area contributed by atoms with Crippen LogP contribution < -0.4 is 10.0 Å². The van der Waals surface area contributed by atoms with Crippen molar-refractivity contribution < 1.29 is 23.4 Å². The molecular weight excluding hydrogens is 311 g/mol. The van der Waals surface area contributed by atoms with Gasteiger partial charge in [-0.15, -0.1) is 0 Å². The molecule has 0 fully saturated rings. The summed E-state index contributed by atoms with van der Waals surface area (Å²) in [4.78, 5) is 10.9. The molecule has 0 bridgehead atoms. The van der Waals surface area contributed by atoms with Gasteiger partial charge in [0.1, 0.15) is 6.17 Å². The highest BCUT2D eigenvalue weighted by Gasteiger charge is 2.08. The number of halogens is 1. The SMILES string of the molecule is CCC(=O)NCC(F)COCCOCCOC(C)CNSC. The number of rotatable bonds is 15. The molecule has 0 spiro atoms. The van der Waals surface area contributed by atoms with E-state index in [2.05, 4.69) is 10.0 Å². The van der Waals surface area contributed by atoms with E-state index in [0.29, 0.717) is 32.8 Å². The van der Waals surface area contributed by atoms with Gasteiger partial charge >= 0.3 is 0 Å². The molecule has 0 aromatic rings. The van der Waals surface area contributed by atoms with Crippen molar-refractivity contribution in [1.29, 1.82) is 0 Å². The molecule has 2 atom stereocenters. The first-order chi connectivity index (χ1) is 10.6. The number of nitrogens with one attached hydrogen (secondary N) is 2. The van der Waals surface area contributed by atoms with E-state index in [1.807, 2.05) is 13.2 Å². The van der Waals surface area contributed by atoms with Crippen LogP contribution in [-0.4, -0.2) is 70.6 Å². The number of carbonyl (C=O) groups excluding carboxylic acids is 1. The zero-order valence-corrected chi connectivity index (χ0v) is 14.5. The molecule has 0 saturated carbocycles. The average molecular weight is 340 g/mol. The standard InChI is InChI=1S/C14H29FN2O4S/c1-4-14(18)16-10-13(15)11-20-6-5-19-7-8-21-12(2)9-17-22-3/h12-13,17H,4-11H2,1-3H3,(H,16,18). The molecule has 0 aliphatic carbocycles. The maximum Gasteiger partial charge on any atom is 0.219 e. The Balaban J connectivity index is 3.27. The molecule has 0 heterocycles. The summed E-state index contributed by atoms with van der Waals surface area (Å²) >= 11 is 1.56. The zero-order chi connectivity index (χ0) is 16.6. The van der Waals surface area contributed by atoms with Gasteiger partial charge < -0.3 is 19.5 Å². The monoisotopic (exact) mass is 340 g/mol. The Morgan fingerprint density at radius 3 is 2.55 bits per heavy atom. The lowest BCUT2D eigenvalue weighted by Crippen LogP contribution is -2.32. The van der Waals surface area contributed by atoms with Gasteiger partial charge in [-0.25, -0.2) is 4.39 Å². The number of alkyl halides is 1. The van der Waals surface area contributed by atoms with Crippen LogP contribution in [0.2, 0.25) is 0 Å². The van der Waals surface area contributed by atoms with Gasteiger partial charge in [-0.2, -0.15) is 0 Å². The molecule has 8 heteroatoms. The molecule has 0 aliphatic rings. The highest BCUT2D eigenvalue weighted by atomic mass is 32.2. The number of hydrogen-bond acceptors (Lipinski definition) is 6. The summed E-state index contributed by atoms with van der Waals surface area (Å²) in [5, 5.41) is 2.48. The van der Waals surface area contributed by atoms with Crippen molar-refractivity contribution >= 4 is 17.9 Å². The molecule has 22 heavy (non-hydrogen) atoms. The third-order valence-electron chi connectivity index (χ3n) is 2.66. The highest BCUT2D eigenvalue weighted by Crippen LogP contribution is 1.93. The molecular formula is C14H29FN2O4S. The molecule has 132 valence electrons. The lowest BCUT2D eigenvalue weighted by Gasteiger charge is -2.13. The lowest BCUT2D eigenvalue weighted by atomic mass is 10.4. The minimum absolute atomic E-state index is 0.0106. The summed E-state index contributed by atoms with van der Waals surface area (Å²) in [6.07, 6.45) is 1.27. The minimum Gasteiger partial charge on any atom is -0.377 e. The zero-order valence-electron chi connectivity index (χ0n) is 13.7. The predicted molar refractivity (Wildman–Crippen MR) is 86.8 cm³/mol. The molecule has 0 rings (SSSR count). The highest BCUT2D eigenvalue weighted by molar-refractivity contribution is 7.96.